The molecule has 1 aliphatic heterocycles. The number of nitrogens with zero attached hydrogens (tertiary/aromatic N) is 4. The van der Waals surface area contributed by atoms with Crippen LogP contribution in [0.1, 0.15) is 93.5 Å². The number of fused-ring (bicyclic) bond motifs is 1. The van der Waals surface area contributed by atoms with Crippen LogP contribution < -0.4 is 14.8 Å². The van der Waals surface area contributed by atoms with Gasteiger partial charge in [-0.3, -0.25) is 4.57 Å². The van der Waals surface area contributed by atoms with Crippen LogP contribution in [-0.4, -0.2) is 143 Å². The van der Waals surface area contributed by atoms with Gasteiger partial charge >= 0.3 is 9.05 Å². The lowest BCUT2D eigenvalue weighted by Crippen LogP contribution is -2.61. The number of anilines is 1. The van der Waals surface area contributed by atoms with E-state index in [1.165, 1.54) is 38.4 Å². The fraction of sp³-hybridized carbons (Fsp3) is 0.589. The molecule has 7 rings (SSSR count). The third kappa shape index (κ3) is 16.7. The SMILES string of the molecule is COCCOC(OCCOC)O[C@@H]1[C@H]([18OH])[C@@H](CO[Si](OC2CCCCCCCCCCC2)(O[Si](C)(C)C)O[Si](C)(C)C)O[C@H]1n1cnc2c(NC(c3ccccc3)(c3ccc(OC)cc3)c3ccc(OC)cc3)ncnc21. The molecule has 77 heavy (non-hydrogen) atoms. The first-order chi connectivity index (χ1) is 37.1. The molecule has 0 unspecified atom stereocenters. The Bertz CT molecular complexity index is 2420. The Balaban J connectivity index is 1.29. The molecule has 2 aliphatic rings. The normalized spacial score (nSPS) is 19.8. The van der Waals surface area contributed by atoms with Crippen molar-refractivity contribution in [2.24, 2.45) is 0 Å². The van der Waals surface area contributed by atoms with Gasteiger partial charge in [-0.2, -0.15) is 0 Å². The Labute approximate surface area is 459 Å². The van der Waals surface area contributed by atoms with Gasteiger partial charge in [0.05, 0.1) is 59.7 Å². The van der Waals surface area contributed by atoms with Gasteiger partial charge in [-0.05, 0) is 93.1 Å². The van der Waals surface area contributed by atoms with Crippen molar-refractivity contribution < 1.29 is 60.1 Å². The first-order valence-electron chi connectivity index (χ1n) is 27.3. The van der Waals surface area contributed by atoms with Gasteiger partial charge in [-0.25, -0.2) is 15.0 Å². The van der Waals surface area contributed by atoms with Gasteiger partial charge in [0.25, 0.3) is 6.48 Å². The highest BCUT2D eigenvalue weighted by molar-refractivity contribution is 6.83. The molecule has 1 saturated carbocycles. The molecule has 0 radical (unpaired) electrons. The minimum absolute atomic E-state index is 0.115. The number of aliphatic hydroxyl groups is 1. The van der Waals surface area contributed by atoms with Gasteiger partial charge in [0.15, 0.2) is 39.8 Å². The van der Waals surface area contributed by atoms with E-state index >= 15 is 0 Å². The van der Waals surface area contributed by atoms with E-state index in [4.69, 9.17) is 69.9 Å². The number of methoxy groups -OCH3 is 4. The summed E-state index contributed by atoms with van der Waals surface area (Å²) in [5, 5.41) is 16.5. The predicted octanol–water partition coefficient (Wildman–Crippen LogP) is 10.3. The van der Waals surface area contributed by atoms with E-state index in [1.54, 1.807) is 39.3 Å². The van der Waals surface area contributed by atoms with Crippen molar-refractivity contribution in [2.75, 3.05) is 66.8 Å². The highest BCUT2D eigenvalue weighted by Gasteiger charge is 2.56. The third-order valence-electron chi connectivity index (χ3n) is 13.5. The van der Waals surface area contributed by atoms with Gasteiger partial charge in [0.1, 0.15) is 41.7 Å². The summed E-state index contributed by atoms with van der Waals surface area (Å²) in [7, 11) is -2.27. The molecular weight excluding hydrogens is 1040 g/mol. The summed E-state index contributed by atoms with van der Waals surface area (Å²) >= 11 is 0. The molecule has 2 fully saturated rings. The maximum absolute atomic E-state index is 12.6. The molecule has 2 aromatic heterocycles. The van der Waals surface area contributed by atoms with Gasteiger partial charge in [0, 0.05) is 14.2 Å². The van der Waals surface area contributed by atoms with Crippen LogP contribution in [0.3, 0.4) is 0 Å². The van der Waals surface area contributed by atoms with E-state index in [2.05, 4.69) is 56.7 Å². The van der Waals surface area contributed by atoms with Gasteiger partial charge < -0.3 is 65.4 Å². The number of hydrogen-bond acceptors (Lipinski definition) is 17. The Kier molecular flexibility index (Phi) is 22.6. The second-order valence-corrected chi connectivity index (χ2v) is 33.3. The van der Waals surface area contributed by atoms with Crippen LogP contribution in [0.25, 0.3) is 11.2 Å². The fourth-order valence-corrected chi connectivity index (χ4v) is 18.4. The molecule has 3 aromatic carbocycles. The van der Waals surface area contributed by atoms with Crippen LogP contribution in [0.4, 0.5) is 5.82 Å². The number of ether oxygens (including phenoxy) is 8. The molecule has 4 atom stereocenters. The molecule has 3 heterocycles. The zero-order chi connectivity index (χ0) is 54.9. The monoisotopic (exact) mass is 1120 g/mol. The zero-order valence-electron chi connectivity index (χ0n) is 47.1. The smallest absolute Gasteiger partial charge is 0.497 e. The highest BCUT2D eigenvalue weighted by Crippen LogP contribution is 2.43. The summed E-state index contributed by atoms with van der Waals surface area (Å²) in [6, 6.07) is 26.0. The maximum atomic E-state index is 12.6. The second kappa shape index (κ2) is 28.8. The minimum atomic E-state index is -3.94. The van der Waals surface area contributed by atoms with Crippen LogP contribution in [0, 0.1) is 0 Å². The average Bonchev–Trinajstić information content (AvgIpc) is 4.08. The molecule has 1 saturated heterocycles. The van der Waals surface area contributed by atoms with Crippen molar-refractivity contribution in [1.29, 1.82) is 0 Å². The molecule has 21 heteroatoms. The van der Waals surface area contributed by atoms with Crippen molar-refractivity contribution >= 4 is 42.7 Å². The lowest BCUT2D eigenvalue weighted by atomic mass is 9.77. The average molecular weight is 1120 g/mol. The van der Waals surface area contributed by atoms with Crippen molar-refractivity contribution in [1.82, 2.24) is 19.5 Å². The van der Waals surface area contributed by atoms with E-state index in [1.807, 2.05) is 66.7 Å². The van der Waals surface area contributed by atoms with E-state index < -0.39 is 62.2 Å². The molecule has 18 nitrogen and oxygen atoms in total. The predicted molar refractivity (Wildman–Crippen MR) is 302 cm³/mol. The van der Waals surface area contributed by atoms with Crippen LogP contribution >= 0.6 is 0 Å². The van der Waals surface area contributed by atoms with E-state index in [9.17, 15) is 5.11 Å². The number of hydrogen-bond donors (Lipinski definition) is 2. The topological polar surface area (TPSA) is 187 Å². The Hall–Kier alpha value is -4.18. The van der Waals surface area contributed by atoms with Crippen LogP contribution in [0.15, 0.2) is 91.5 Å². The molecule has 1 aliphatic carbocycles. The van der Waals surface area contributed by atoms with Crippen LogP contribution in [-0.2, 0) is 51.0 Å². The number of aliphatic hydroxyl groups excluding tert-OH is 1. The summed E-state index contributed by atoms with van der Waals surface area (Å²) in [6.07, 6.45) is 11.0. The highest BCUT2D eigenvalue weighted by atomic mass is 28.5. The molecular formula is C56H85N5O13Si3. The third-order valence-corrected chi connectivity index (χ3v) is 21.5. The fourth-order valence-electron chi connectivity index (χ4n) is 9.87. The summed E-state index contributed by atoms with van der Waals surface area (Å²) in [5.74, 6) is 1.85. The van der Waals surface area contributed by atoms with Crippen LogP contribution in [0.5, 0.6) is 11.5 Å². The summed E-state index contributed by atoms with van der Waals surface area (Å²) in [5.41, 5.74) is 2.53. The molecule has 0 bridgehead atoms. The quantitative estimate of drug-likeness (QED) is 0.0166. The number of benzene rings is 3. The minimum Gasteiger partial charge on any atom is -0.497 e. The Morgan fingerprint density at radius 3 is 1.69 bits per heavy atom. The molecule has 5 aromatic rings. The first kappa shape index (κ1) is 60.5. The molecule has 424 valence electrons. The number of rotatable bonds is 27. The van der Waals surface area contributed by atoms with E-state index in [0.29, 0.717) is 28.5 Å². The van der Waals surface area contributed by atoms with Crippen LogP contribution in [0.2, 0.25) is 39.3 Å². The van der Waals surface area contributed by atoms with Crippen molar-refractivity contribution in [2.45, 2.75) is 153 Å². The molecule has 0 spiro atoms. The van der Waals surface area contributed by atoms with Gasteiger partial charge in [-0.15, -0.1) is 0 Å². The van der Waals surface area contributed by atoms with E-state index in [0.717, 1.165) is 55.2 Å². The van der Waals surface area contributed by atoms with Crippen molar-refractivity contribution in [3.8, 4) is 11.5 Å². The van der Waals surface area contributed by atoms with E-state index in [-0.39, 0.29) is 39.1 Å². The summed E-state index contributed by atoms with van der Waals surface area (Å²) < 4.78 is 77.7. The standard InChI is InChI=1S/C56H85N5O13Si3/c1-63-35-37-67-55(68-38-36-64-2)71-51-50(62)48(39-69-77(73-75(5,6)7,74-76(8,9)10)72-47-25-21-16-14-12-11-13-15-17-22-26-47)70-54(51)61-41-59-49-52(57-40-58-53(49)61)60-56(42-23-19-18-20-24-42,43-27-31-45(65-3)32-28-43)44-29-33-46(66-4)34-30-44/h18-20,23-24,27-34,40-41,47-48,50-51,54-55,62H,11-17,21-22,25-26,35-39H2,1-10H3,(H,57,58,60)/t48-,50-,51-,54-/m1/s1/i62+2. The largest absolute Gasteiger partial charge is 0.658 e. The van der Waals surface area contributed by atoms with Gasteiger partial charge in [0.2, 0.25) is 0 Å². The van der Waals surface area contributed by atoms with Gasteiger partial charge in [-0.1, -0.05) is 112 Å². The number of aromatic nitrogens is 4. The Morgan fingerprint density at radius 1 is 0.662 bits per heavy atom. The lowest BCUT2D eigenvalue weighted by molar-refractivity contribution is -0.321. The van der Waals surface area contributed by atoms with Crippen molar-refractivity contribution in [3.05, 3.63) is 108 Å². The number of imidazole rings is 1. The number of nitrogens with one attached hydrogen (secondary N) is 1. The van der Waals surface area contributed by atoms with Crippen molar-refractivity contribution in [3.63, 3.8) is 0 Å². The second-order valence-electron chi connectivity index (χ2n) is 21.7. The summed E-state index contributed by atoms with van der Waals surface area (Å²) in [6.45, 7) is 12.2. The molecule has 2 N–H and O–H groups in total. The first-order valence-corrected chi connectivity index (χ1v) is 35.8. The zero-order valence-corrected chi connectivity index (χ0v) is 50.1. The maximum Gasteiger partial charge on any atom is 0.658 e. The molecule has 0 amide bonds. The Morgan fingerprint density at radius 2 is 1.18 bits per heavy atom. The lowest BCUT2D eigenvalue weighted by Gasteiger charge is -2.40. The summed E-state index contributed by atoms with van der Waals surface area (Å²) in [4.78, 5) is 14.7.